The summed E-state index contributed by atoms with van der Waals surface area (Å²) in [5.74, 6) is -1.04. The smallest absolute Gasteiger partial charge is 0.343 e. The van der Waals surface area contributed by atoms with Crippen molar-refractivity contribution in [2.24, 2.45) is 0 Å². The van der Waals surface area contributed by atoms with Gasteiger partial charge < -0.3 is 14.7 Å². The molecule has 0 radical (unpaired) electrons. The molecule has 1 aliphatic heterocycles. The second kappa shape index (κ2) is 7.38. The van der Waals surface area contributed by atoms with Gasteiger partial charge >= 0.3 is 5.97 Å². The summed E-state index contributed by atoms with van der Waals surface area (Å²) in [6.45, 7) is 3.06. The Morgan fingerprint density at radius 2 is 1.72 bits per heavy atom. The molecule has 5 heteroatoms. The maximum absolute atomic E-state index is 12.9. The molecule has 3 rings (SSSR count). The van der Waals surface area contributed by atoms with Gasteiger partial charge in [-0.3, -0.25) is 4.79 Å². The van der Waals surface area contributed by atoms with E-state index in [1.165, 1.54) is 6.07 Å². The number of amides is 1. The Labute approximate surface area is 146 Å². The van der Waals surface area contributed by atoms with Crippen LogP contribution >= 0.6 is 0 Å². The number of benzene rings is 2. The predicted molar refractivity (Wildman–Crippen MR) is 93.3 cm³/mol. The number of phenolic OH excluding ortho intramolecular Hbond substituents is 1. The molecular formula is C20H21NO4. The highest BCUT2D eigenvalue weighted by Gasteiger charge is 2.31. The highest BCUT2D eigenvalue weighted by Crippen LogP contribution is 2.27. The van der Waals surface area contributed by atoms with Crippen molar-refractivity contribution in [1.82, 2.24) is 4.90 Å². The van der Waals surface area contributed by atoms with Gasteiger partial charge in [0.15, 0.2) is 0 Å². The van der Waals surface area contributed by atoms with E-state index in [1.54, 1.807) is 48.2 Å². The van der Waals surface area contributed by atoms with Crippen molar-refractivity contribution in [1.29, 1.82) is 0 Å². The van der Waals surface area contributed by atoms with Gasteiger partial charge in [-0.2, -0.15) is 0 Å². The Kier molecular flexibility index (Phi) is 5.03. The summed E-state index contributed by atoms with van der Waals surface area (Å²) >= 11 is 0. The van der Waals surface area contributed by atoms with Gasteiger partial charge in [0.25, 0.3) is 5.91 Å². The maximum atomic E-state index is 12.9. The topological polar surface area (TPSA) is 66.8 Å². The molecule has 1 fully saturated rings. The van der Waals surface area contributed by atoms with Crippen LogP contribution in [0.3, 0.4) is 0 Å². The number of rotatable bonds is 4. The molecule has 130 valence electrons. The lowest BCUT2D eigenvalue weighted by molar-refractivity contribution is -0.140. The van der Waals surface area contributed by atoms with E-state index in [9.17, 15) is 14.7 Å². The van der Waals surface area contributed by atoms with E-state index in [-0.39, 0.29) is 17.2 Å². The van der Waals surface area contributed by atoms with E-state index in [2.05, 4.69) is 0 Å². The summed E-state index contributed by atoms with van der Waals surface area (Å²) in [4.78, 5) is 27.1. The number of nitrogens with zero attached hydrogens (tertiary/aromatic N) is 1. The molecule has 25 heavy (non-hydrogen) atoms. The fraction of sp³-hybridized carbons (Fsp3) is 0.300. The molecule has 0 spiro atoms. The van der Waals surface area contributed by atoms with Crippen LogP contribution in [0.25, 0.3) is 0 Å². The molecule has 2 aromatic rings. The zero-order valence-corrected chi connectivity index (χ0v) is 14.1. The van der Waals surface area contributed by atoms with Gasteiger partial charge in [-0.25, -0.2) is 4.79 Å². The largest absolute Gasteiger partial charge is 0.507 e. The third kappa shape index (κ3) is 3.65. The fourth-order valence-corrected chi connectivity index (χ4v) is 2.99. The quantitative estimate of drug-likeness (QED) is 0.869. The first kappa shape index (κ1) is 17.0. The molecule has 2 aromatic carbocycles. The van der Waals surface area contributed by atoms with Crippen molar-refractivity contribution in [2.75, 3.05) is 13.1 Å². The van der Waals surface area contributed by atoms with Crippen LogP contribution in [0, 0.1) is 6.92 Å². The van der Waals surface area contributed by atoms with Crippen molar-refractivity contribution < 1.29 is 19.4 Å². The Morgan fingerprint density at radius 3 is 2.40 bits per heavy atom. The average Bonchev–Trinajstić information content (AvgIpc) is 3.16. The number of ether oxygens (including phenoxy) is 1. The van der Waals surface area contributed by atoms with Crippen LogP contribution in [-0.2, 0) is 9.53 Å². The highest BCUT2D eigenvalue weighted by atomic mass is 16.5. The minimum Gasteiger partial charge on any atom is -0.507 e. The Hall–Kier alpha value is -2.82. The minimum atomic E-state index is -1.01. The van der Waals surface area contributed by atoms with Gasteiger partial charge in [0.2, 0.25) is 6.10 Å². The molecule has 5 nitrogen and oxygen atoms in total. The minimum absolute atomic E-state index is 0.0650. The zero-order valence-electron chi connectivity index (χ0n) is 14.1. The average molecular weight is 339 g/mol. The summed E-state index contributed by atoms with van der Waals surface area (Å²) in [5, 5.41) is 10.1. The van der Waals surface area contributed by atoms with E-state index in [4.69, 9.17) is 4.74 Å². The molecule has 0 aliphatic carbocycles. The van der Waals surface area contributed by atoms with Crippen LogP contribution in [-0.4, -0.2) is 35.0 Å². The van der Waals surface area contributed by atoms with Gasteiger partial charge in [-0.1, -0.05) is 42.5 Å². The van der Waals surface area contributed by atoms with Gasteiger partial charge in [-0.05, 0) is 31.4 Å². The Balaban J connectivity index is 1.88. The summed E-state index contributed by atoms with van der Waals surface area (Å²) < 4.78 is 5.54. The number of hydrogen-bond acceptors (Lipinski definition) is 4. The second-order valence-corrected chi connectivity index (χ2v) is 6.20. The molecule has 1 atom stereocenters. The van der Waals surface area contributed by atoms with Gasteiger partial charge in [0.1, 0.15) is 11.3 Å². The van der Waals surface area contributed by atoms with Gasteiger partial charge in [0, 0.05) is 18.7 Å². The summed E-state index contributed by atoms with van der Waals surface area (Å²) in [7, 11) is 0. The standard InChI is InChI=1S/C20H21NO4/c1-14-8-7-11-16(17(14)22)20(24)25-18(15-9-3-2-4-10-15)19(23)21-12-5-6-13-21/h2-4,7-11,18,22H,5-6,12-13H2,1H3/t18-/m1/s1. The van der Waals surface area contributed by atoms with E-state index >= 15 is 0 Å². The van der Waals surface area contributed by atoms with Crippen LogP contribution in [0.5, 0.6) is 5.75 Å². The van der Waals surface area contributed by atoms with Crippen molar-refractivity contribution in [3.63, 3.8) is 0 Å². The molecule has 1 saturated heterocycles. The van der Waals surface area contributed by atoms with Crippen LogP contribution in [0.1, 0.15) is 40.4 Å². The van der Waals surface area contributed by atoms with Gasteiger partial charge in [-0.15, -0.1) is 0 Å². The van der Waals surface area contributed by atoms with Crippen LogP contribution in [0.4, 0.5) is 0 Å². The summed E-state index contributed by atoms with van der Waals surface area (Å²) in [6.07, 6.45) is 0.909. The van der Waals surface area contributed by atoms with Crippen molar-refractivity contribution in [2.45, 2.75) is 25.9 Å². The third-order valence-electron chi connectivity index (χ3n) is 4.43. The Bertz CT molecular complexity index is 767. The molecule has 1 N–H and O–H groups in total. The van der Waals surface area contributed by atoms with Crippen molar-refractivity contribution in [3.05, 3.63) is 65.2 Å². The maximum Gasteiger partial charge on any atom is 0.343 e. The van der Waals surface area contributed by atoms with Crippen LogP contribution in [0.2, 0.25) is 0 Å². The number of hydrogen-bond donors (Lipinski definition) is 1. The molecule has 0 unspecified atom stereocenters. The molecular weight excluding hydrogens is 318 g/mol. The number of para-hydroxylation sites is 1. The lowest BCUT2D eigenvalue weighted by Crippen LogP contribution is -2.34. The normalized spacial score (nSPS) is 15.0. The zero-order chi connectivity index (χ0) is 17.8. The fourth-order valence-electron chi connectivity index (χ4n) is 2.99. The van der Waals surface area contributed by atoms with E-state index in [0.29, 0.717) is 24.2 Å². The Morgan fingerprint density at radius 1 is 1.04 bits per heavy atom. The number of aryl methyl sites for hydroxylation is 1. The summed E-state index contributed by atoms with van der Waals surface area (Å²) in [6, 6.07) is 13.9. The number of aromatic hydroxyl groups is 1. The molecule has 1 aliphatic rings. The number of carbonyl (C=O) groups is 2. The molecule has 1 amide bonds. The van der Waals surface area contributed by atoms with Crippen molar-refractivity contribution in [3.8, 4) is 5.75 Å². The number of phenols is 1. The lowest BCUT2D eigenvalue weighted by Gasteiger charge is -2.23. The van der Waals surface area contributed by atoms with Gasteiger partial charge in [0.05, 0.1) is 0 Å². The third-order valence-corrected chi connectivity index (χ3v) is 4.43. The molecule has 0 saturated carbocycles. The predicted octanol–water partition coefficient (Wildman–Crippen LogP) is 3.22. The first-order chi connectivity index (χ1) is 12.1. The van der Waals surface area contributed by atoms with Crippen molar-refractivity contribution >= 4 is 11.9 Å². The first-order valence-corrected chi connectivity index (χ1v) is 8.41. The first-order valence-electron chi connectivity index (χ1n) is 8.41. The second-order valence-electron chi connectivity index (χ2n) is 6.20. The monoisotopic (exact) mass is 339 g/mol. The number of likely N-dealkylation sites (tertiary alicyclic amines) is 1. The van der Waals surface area contributed by atoms with Crippen LogP contribution in [0.15, 0.2) is 48.5 Å². The van der Waals surface area contributed by atoms with E-state index in [0.717, 1.165) is 12.8 Å². The molecule has 0 aromatic heterocycles. The molecule has 0 bridgehead atoms. The SMILES string of the molecule is Cc1cccc(C(=O)O[C@@H](C(=O)N2CCCC2)c2ccccc2)c1O. The highest BCUT2D eigenvalue weighted by molar-refractivity contribution is 5.95. The molecule has 1 heterocycles. The number of carbonyl (C=O) groups excluding carboxylic acids is 2. The summed E-state index contributed by atoms with van der Waals surface area (Å²) in [5.41, 5.74) is 1.27. The van der Waals surface area contributed by atoms with E-state index < -0.39 is 12.1 Å². The number of esters is 1. The lowest BCUT2D eigenvalue weighted by atomic mass is 10.1. The van der Waals surface area contributed by atoms with Crippen LogP contribution < -0.4 is 0 Å². The van der Waals surface area contributed by atoms with E-state index in [1.807, 2.05) is 6.07 Å².